The summed E-state index contributed by atoms with van der Waals surface area (Å²) in [4.78, 5) is 30.1. The third kappa shape index (κ3) is 4.91. The maximum Gasteiger partial charge on any atom is 0.253 e. The molecular formula is C20H31N3O4. The number of hydrogen-bond acceptors (Lipinski definition) is 5. The van der Waals surface area contributed by atoms with Gasteiger partial charge in [0.05, 0.1) is 18.2 Å². The fraction of sp³-hybridized carbons (Fsp3) is 0.600. The molecule has 1 aliphatic heterocycles. The summed E-state index contributed by atoms with van der Waals surface area (Å²) in [6.07, 6.45) is 0.305. The summed E-state index contributed by atoms with van der Waals surface area (Å²) in [7, 11) is 7.10. The lowest BCUT2D eigenvalue weighted by atomic mass is 9.94. The number of rotatable bonds is 6. The fourth-order valence-electron chi connectivity index (χ4n) is 3.13. The number of nitrogens with zero attached hydrogens (tertiary/aromatic N) is 3. The normalized spacial score (nSPS) is 16.4. The first-order valence-electron chi connectivity index (χ1n) is 9.12. The Morgan fingerprint density at radius 3 is 2.56 bits per heavy atom. The van der Waals surface area contributed by atoms with Gasteiger partial charge in [-0.15, -0.1) is 0 Å². The van der Waals surface area contributed by atoms with Crippen LogP contribution in [0.3, 0.4) is 0 Å². The summed E-state index contributed by atoms with van der Waals surface area (Å²) >= 11 is 0. The van der Waals surface area contributed by atoms with E-state index in [0.29, 0.717) is 30.9 Å². The van der Waals surface area contributed by atoms with E-state index in [2.05, 4.69) is 0 Å². The largest absolute Gasteiger partial charge is 0.489 e. The van der Waals surface area contributed by atoms with E-state index in [4.69, 9.17) is 4.74 Å². The second-order valence-electron chi connectivity index (χ2n) is 8.23. The molecule has 0 radical (unpaired) electrons. The second kappa shape index (κ2) is 8.17. The Labute approximate surface area is 161 Å². The molecule has 7 nitrogen and oxygen atoms in total. The summed E-state index contributed by atoms with van der Waals surface area (Å²) < 4.78 is 5.83. The van der Waals surface area contributed by atoms with Crippen molar-refractivity contribution in [1.29, 1.82) is 0 Å². The molecule has 1 heterocycles. The van der Waals surface area contributed by atoms with Gasteiger partial charge in [0.15, 0.2) is 0 Å². The topological polar surface area (TPSA) is 73.3 Å². The molecule has 2 amide bonds. The second-order valence-corrected chi connectivity index (χ2v) is 8.23. The predicted molar refractivity (Wildman–Crippen MR) is 105 cm³/mol. The first kappa shape index (κ1) is 21.0. The number of carbonyl (C=O) groups excluding carboxylic acids is 2. The molecule has 0 unspecified atom stereocenters. The highest BCUT2D eigenvalue weighted by Crippen LogP contribution is 2.35. The van der Waals surface area contributed by atoms with E-state index in [1.807, 2.05) is 31.9 Å². The summed E-state index contributed by atoms with van der Waals surface area (Å²) in [6, 6.07) is 5.25. The standard InChI is InChI=1S/C20H31N3O4/c1-20(2,13-24)12-22(5)18(25)10-15-11-27-17-8-7-14(19(26)21(3)4)9-16(17)23(15)6/h7-9,15,24H,10-13H2,1-6H3/t15-/m1/s1. The lowest BCUT2D eigenvalue weighted by Crippen LogP contribution is -2.45. The quantitative estimate of drug-likeness (QED) is 0.812. The lowest BCUT2D eigenvalue weighted by molar-refractivity contribution is -0.132. The van der Waals surface area contributed by atoms with Crippen molar-refractivity contribution in [2.45, 2.75) is 26.3 Å². The Balaban J connectivity index is 2.11. The number of aliphatic hydroxyl groups excluding tert-OH is 1. The zero-order valence-electron chi connectivity index (χ0n) is 17.2. The zero-order chi connectivity index (χ0) is 20.4. The first-order chi connectivity index (χ1) is 12.6. The molecule has 1 aromatic rings. The van der Waals surface area contributed by atoms with Crippen LogP contribution in [0, 0.1) is 5.41 Å². The Morgan fingerprint density at radius 1 is 1.30 bits per heavy atom. The minimum Gasteiger partial charge on any atom is -0.489 e. The van der Waals surface area contributed by atoms with Crippen LogP contribution >= 0.6 is 0 Å². The lowest BCUT2D eigenvalue weighted by Gasteiger charge is -2.37. The Hall–Kier alpha value is -2.28. The molecule has 2 rings (SSSR count). The minimum atomic E-state index is -0.340. The molecule has 27 heavy (non-hydrogen) atoms. The molecule has 150 valence electrons. The zero-order valence-corrected chi connectivity index (χ0v) is 17.2. The van der Waals surface area contributed by atoms with Crippen LogP contribution in [-0.2, 0) is 4.79 Å². The summed E-state index contributed by atoms with van der Waals surface area (Å²) in [6.45, 7) is 4.76. The molecule has 7 heteroatoms. The van der Waals surface area contributed by atoms with Crippen LogP contribution < -0.4 is 9.64 Å². The number of amides is 2. The summed E-state index contributed by atoms with van der Waals surface area (Å²) in [5, 5.41) is 9.41. The minimum absolute atomic E-state index is 0.000877. The van der Waals surface area contributed by atoms with Crippen molar-refractivity contribution in [3.8, 4) is 5.75 Å². The molecule has 0 aliphatic carbocycles. The van der Waals surface area contributed by atoms with E-state index in [9.17, 15) is 14.7 Å². The third-order valence-electron chi connectivity index (χ3n) is 4.90. The monoisotopic (exact) mass is 377 g/mol. The number of fused-ring (bicyclic) bond motifs is 1. The van der Waals surface area contributed by atoms with Crippen LogP contribution in [0.2, 0.25) is 0 Å². The van der Waals surface area contributed by atoms with Gasteiger partial charge in [0.1, 0.15) is 12.4 Å². The smallest absolute Gasteiger partial charge is 0.253 e. The van der Waals surface area contributed by atoms with Crippen LogP contribution in [0.5, 0.6) is 5.75 Å². The Morgan fingerprint density at radius 2 is 1.96 bits per heavy atom. The number of likely N-dealkylation sites (N-methyl/N-ethyl adjacent to an activating group) is 1. The van der Waals surface area contributed by atoms with Gasteiger partial charge < -0.3 is 24.5 Å². The van der Waals surface area contributed by atoms with Gasteiger partial charge in [0.2, 0.25) is 5.91 Å². The average Bonchev–Trinajstić information content (AvgIpc) is 2.62. The number of aliphatic hydroxyl groups is 1. The molecule has 1 N–H and O–H groups in total. The van der Waals surface area contributed by atoms with Crippen molar-refractivity contribution in [1.82, 2.24) is 9.80 Å². The van der Waals surface area contributed by atoms with Crippen LogP contribution in [0.15, 0.2) is 18.2 Å². The van der Waals surface area contributed by atoms with Gasteiger partial charge in [-0.3, -0.25) is 9.59 Å². The van der Waals surface area contributed by atoms with Gasteiger partial charge in [-0.2, -0.15) is 0 Å². The summed E-state index contributed by atoms with van der Waals surface area (Å²) in [5.74, 6) is 0.641. The molecular weight excluding hydrogens is 346 g/mol. The molecule has 0 fully saturated rings. The fourth-order valence-corrected chi connectivity index (χ4v) is 3.13. The van der Waals surface area contributed by atoms with Gasteiger partial charge in [0, 0.05) is 52.3 Å². The highest BCUT2D eigenvalue weighted by molar-refractivity contribution is 5.95. The van der Waals surface area contributed by atoms with Gasteiger partial charge in [-0.05, 0) is 18.2 Å². The van der Waals surface area contributed by atoms with E-state index < -0.39 is 0 Å². The average molecular weight is 377 g/mol. The molecule has 0 bridgehead atoms. The molecule has 0 spiro atoms. The van der Waals surface area contributed by atoms with E-state index in [1.165, 1.54) is 4.90 Å². The van der Waals surface area contributed by atoms with Gasteiger partial charge in [0.25, 0.3) is 5.91 Å². The maximum atomic E-state index is 12.6. The van der Waals surface area contributed by atoms with Gasteiger partial charge in [-0.1, -0.05) is 13.8 Å². The Kier molecular flexibility index (Phi) is 6.36. The van der Waals surface area contributed by atoms with Crippen LogP contribution in [-0.4, -0.2) is 80.7 Å². The third-order valence-corrected chi connectivity index (χ3v) is 4.90. The van der Waals surface area contributed by atoms with Gasteiger partial charge >= 0.3 is 0 Å². The molecule has 0 saturated carbocycles. The van der Waals surface area contributed by atoms with Crippen molar-refractivity contribution in [2.75, 3.05) is 52.8 Å². The van der Waals surface area contributed by atoms with Crippen molar-refractivity contribution in [2.24, 2.45) is 5.41 Å². The van der Waals surface area contributed by atoms with Crippen molar-refractivity contribution >= 4 is 17.5 Å². The van der Waals surface area contributed by atoms with E-state index in [-0.39, 0.29) is 29.9 Å². The number of benzene rings is 1. The SMILES string of the molecule is CN(C)C(=O)c1ccc2c(c1)N(C)[C@H](CC(=O)N(C)CC(C)(C)CO)CO2. The number of hydrogen-bond donors (Lipinski definition) is 1. The van der Waals surface area contributed by atoms with E-state index >= 15 is 0 Å². The van der Waals surface area contributed by atoms with Crippen LogP contribution in [0.4, 0.5) is 5.69 Å². The number of anilines is 1. The number of ether oxygens (including phenoxy) is 1. The summed E-state index contributed by atoms with van der Waals surface area (Å²) in [5.41, 5.74) is 1.06. The van der Waals surface area contributed by atoms with E-state index in [1.54, 1.807) is 38.2 Å². The van der Waals surface area contributed by atoms with Crippen molar-refractivity contribution in [3.05, 3.63) is 23.8 Å². The molecule has 0 saturated heterocycles. The van der Waals surface area contributed by atoms with Crippen molar-refractivity contribution < 1.29 is 19.4 Å². The molecule has 1 atom stereocenters. The maximum absolute atomic E-state index is 12.6. The molecule has 1 aromatic carbocycles. The molecule has 1 aliphatic rings. The van der Waals surface area contributed by atoms with E-state index in [0.717, 1.165) is 5.69 Å². The van der Waals surface area contributed by atoms with Crippen LogP contribution in [0.1, 0.15) is 30.6 Å². The highest BCUT2D eigenvalue weighted by Gasteiger charge is 2.30. The molecule has 0 aromatic heterocycles. The van der Waals surface area contributed by atoms with Gasteiger partial charge in [-0.25, -0.2) is 0 Å². The first-order valence-corrected chi connectivity index (χ1v) is 9.12. The van der Waals surface area contributed by atoms with Crippen LogP contribution in [0.25, 0.3) is 0 Å². The highest BCUT2D eigenvalue weighted by atomic mass is 16.5. The number of carbonyl (C=O) groups is 2. The predicted octanol–water partition coefficient (Wildman–Crippen LogP) is 1.45. The van der Waals surface area contributed by atoms with Crippen molar-refractivity contribution in [3.63, 3.8) is 0 Å². The Bertz CT molecular complexity index is 702.